The molecule has 0 amide bonds. The molecule has 36 heavy (non-hydrogen) atoms. The van der Waals surface area contributed by atoms with Crippen molar-refractivity contribution in [1.29, 1.82) is 0 Å². The maximum atomic E-state index is 13.3. The van der Waals surface area contributed by atoms with E-state index in [-0.39, 0.29) is 16.9 Å². The molecule has 2 atom stereocenters. The van der Waals surface area contributed by atoms with E-state index in [1.165, 1.54) is 22.7 Å². The molecule has 2 aromatic carbocycles. The number of hydrogen-bond donors (Lipinski definition) is 0. The number of hydrogen-bond acceptors (Lipinski definition) is 5. The molecule has 3 heterocycles. The molecule has 6 rings (SSSR count). The average molecular weight is 544 g/mol. The molecule has 3 aliphatic rings. The van der Waals surface area contributed by atoms with Crippen LogP contribution in [0.3, 0.4) is 0 Å². The van der Waals surface area contributed by atoms with Crippen LogP contribution in [0.1, 0.15) is 30.9 Å². The van der Waals surface area contributed by atoms with Gasteiger partial charge in [-0.1, -0.05) is 53.9 Å². The summed E-state index contributed by atoms with van der Waals surface area (Å²) in [6, 6.07) is 17.3. The van der Waals surface area contributed by atoms with Crippen molar-refractivity contribution in [3.63, 3.8) is 0 Å². The van der Waals surface area contributed by atoms with Gasteiger partial charge in [-0.15, -0.1) is 11.8 Å². The lowest BCUT2D eigenvalue weighted by molar-refractivity contribution is 0.250. The fourth-order valence-corrected chi connectivity index (χ4v) is 6.45. The van der Waals surface area contributed by atoms with Crippen molar-refractivity contribution in [3.05, 3.63) is 87.8 Å². The van der Waals surface area contributed by atoms with E-state index in [2.05, 4.69) is 59.2 Å². The maximum absolute atomic E-state index is 13.3. The highest BCUT2D eigenvalue weighted by Gasteiger charge is 2.75. The van der Waals surface area contributed by atoms with Crippen LogP contribution in [0, 0.1) is 12.7 Å². The zero-order chi connectivity index (χ0) is 25.5. The Hall–Kier alpha value is -2.28. The van der Waals surface area contributed by atoms with Crippen LogP contribution in [0.4, 0.5) is 10.2 Å². The third-order valence-electron chi connectivity index (χ3n) is 7.53. The van der Waals surface area contributed by atoms with Gasteiger partial charge in [0.05, 0.1) is 32.9 Å². The summed E-state index contributed by atoms with van der Waals surface area (Å²) in [4.78, 5) is 15.4. The molecule has 1 spiro atoms. The first-order valence-corrected chi connectivity index (χ1v) is 14.1. The molecule has 0 radical (unpaired) electrons. The Balaban J connectivity index is 0.000000252. The normalized spacial score (nSPS) is 23.9. The first kappa shape index (κ1) is 25.4. The standard InChI is InChI=1S/C20H19Cl2FN4.C8H10S/c1-2-19-11-20(19)12-26(16-7-6-13(23)10-24-16)8-9-27(20)18(25-19)17-14(21)4-3-5-15(17)22;1-7-3-5-8(9-2)6-4-7/h3-7,10H,2,8-9,11-12H2,1H3;3-6H,1-2H3. The predicted octanol–water partition coefficient (Wildman–Crippen LogP) is 7.12. The number of rotatable bonds is 4. The van der Waals surface area contributed by atoms with Gasteiger partial charge in [0.15, 0.2) is 0 Å². The van der Waals surface area contributed by atoms with Crippen LogP contribution in [-0.4, -0.2) is 52.7 Å². The van der Waals surface area contributed by atoms with Gasteiger partial charge in [-0.05, 0) is 56.0 Å². The van der Waals surface area contributed by atoms with E-state index in [0.717, 1.165) is 49.7 Å². The lowest BCUT2D eigenvalue weighted by atomic mass is 10.0. The van der Waals surface area contributed by atoms with Gasteiger partial charge in [-0.25, -0.2) is 9.37 Å². The molecule has 8 heteroatoms. The Morgan fingerprint density at radius 2 is 1.75 bits per heavy atom. The Labute approximate surface area is 226 Å². The zero-order valence-corrected chi connectivity index (χ0v) is 23.0. The van der Waals surface area contributed by atoms with Crippen LogP contribution in [0.5, 0.6) is 0 Å². The number of aryl methyl sites for hydroxylation is 1. The first-order chi connectivity index (χ1) is 17.3. The van der Waals surface area contributed by atoms with Gasteiger partial charge >= 0.3 is 0 Å². The number of nitrogens with zero attached hydrogens (tertiary/aromatic N) is 4. The number of halogens is 3. The average Bonchev–Trinajstić information content (AvgIpc) is 3.41. The maximum Gasteiger partial charge on any atom is 0.141 e. The molecule has 3 aromatic rings. The molecule has 1 aliphatic carbocycles. The van der Waals surface area contributed by atoms with Crippen molar-refractivity contribution >= 4 is 46.6 Å². The van der Waals surface area contributed by atoms with Crippen molar-refractivity contribution in [2.45, 2.75) is 42.7 Å². The van der Waals surface area contributed by atoms with Crippen LogP contribution in [0.25, 0.3) is 0 Å². The van der Waals surface area contributed by atoms with E-state index >= 15 is 0 Å². The minimum Gasteiger partial charge on any atom is -0.352 e. The van der Waals surface area contributed by atoms with Crippen LogP contribution >= 0.6 is 35.0 Å². The van der Waals surface area contributed by atoms with E-state index in [1.54, 1.807) is 17.8 Å². The van der Waals surface area contributed by atoms with Crippen LogP contribution < -0.4 is 4.90 Å². The number of amidine groups is 1. The Morgan fingerprint density at radius 1 is 1.03 bits per heavy atom. The number of aliphatic imine (C=N–C) groups is 1. The summed E-state index contributed by atoms with van der Waals surface area (Å²) in [7, 11) is 0. The second kappa shape index (κ2) is 9.88. The lowest BCUT2D eigenvalue weighted by Crippen LogP contribution is -2.57. The van der Waals surface area contributed by atoms with Crippen LogP contribution in [0.15, 0.2) is 70.7 Å². The van der Waals surface area contributed by atoms with E-state index in [4.69, 9.17) is 28.2 Å². The summed E-state index contributed by atoms with van der Waals surface area (Å²) in [6.07, 6.45) is 5.34. The molecule has 1 saturated carbocycles. The summed E-state index contributed by atoms with van der Waals surface area (Å²) < 4.78 is 13.3. The summed E-state index contributed by atoms with van der Waals surface area (Å²) in [5.41, 5.74) is 1.98. The minimum absolute atomic E-state index is 0.0616. The lowest BCUT2D eigenvalue weighted by Gasteiger charge is -2.43. The number of benzene rings is 2. The number of pyridine rings is 1. The molecule has 1 aromatic heterocycles. The molecular formula is C28H29Cl2FN4S. The topological polar surface area (TPSA) is 31.7 Å². The molecule has 188 valence electrons. The Morgan fingerprint density at radius 3 is 2.36 bits per heavy atom. The minimum atomic E-state index is -0.315. The SMILES string of the molecule is CCC12CC13CN(c1ccc(F)cn1)CCN3C(c1c(Cl)cccc1Cl)=N2.CSc1ccc(C)cc1. The van der Waals surface area contributed by atoms with Crippen molar-refractivity contribution in [2.75, 3.05) is 30.8 Å². The van der Waals surface area contributed by atoms with Crippen molar-refractivity contribution in [3.8, 4) is 0 Å². The van der Waals surface area contributed by atoms with Gasteiger partial charge in [-0.2, -0.15) is 0 Å². The zero-order valence-electron chi connectivity index (χ0n) is 20.6. The fourth-order valence-electron chi connectivity index (χ4n) is 5.48. The Kier molecular flexibility index (Phi) is 6.96. The number of anilines is 1. The molecule has 2 fully saturated rings. The van der Waals surface area contributed by atoms with Crippen molar-refractivity contribution in [2.24, 2.45) is 4.99 Å². The predicted molar refractivity (Wildman–Crippen MR) is 149 cm³/mol. The van der Waals surface area contributed by atoms with Gasteiger partial charge in [0, 0.05) is 31.0 Å². The summed E-state index contributed by atoms with van der Waals surface area (Å²) in [5, 5.41) is 1.26. The van der Waals surface area contributed by atoms with Crippen LogP contribution in [-0.2, 0) is 0 Å². The fraction of sp³-hybridized carbons (Fsp3) is 0.357. The second-order valence-electron chi connectivity index (χ2n) is 9.55. The molecule has 4 nitrogen and oxygen atoms in total. The van der Waals surface area contributed by atoms with Gasteiger partial charge in [0.25, 0.3) is 0 Å². The highest BCUT2D eigenvalue weighted by atomic mass is 35.5. The number of aromatic nitrogens is 1. The van der Waals surface area contributed by atoms with Gasteiger partial charge < -0.3 is 9.80 Å². The molecule has 0 N–H and O–H groups in total. The quantitative estimate of drug-likeness (QED) is 0.328. The van der Waals surface area contributed by atoms with E-state index in [9.17, 15) is 4.39 Å². The highest BCUT2D eigenvalue weighted by Crippen LogP contribution is 2.63. The third kappa shape index (κ3) is 4.37. The van der Waals surface area contributed by atoms with Crippen LogP contribution in [0.2, 0.25) is 10.0 Å². The second-order valence-corrected chi connectivity index (χ2v) is 11.2. The first-order valence-electron chi connectivity index (χ1n) is 12.1. The largest absolute Gasteiger partial charge is 0.352 e. The summed E-state index contributed by atoms with van der Waals surface area (Å²) in [6.45, 7) is 6.70. The molecule has 0 bridgehead atoms. The Bertz CT molecular complexity index is 1260. The molecular weight excluding hydrogens is 514 g/mol. The van der Waals surface area contributed by atoms with Gasteiger partial charge in [0.2, 0.25) is 0 Å². The number of thioether (sulfide) groups is 1. The number of piperazine rings is 1. The van der Waals surface area contributed by atoms with Crippen molar-refractivity contribution in [1.82, 2.24) is 9.88 Å². The smallest absolute Gasteiger partial charge is 0.141 e. The van der Waals surface area contributed by atoms with Crippen molar-refractivity contribution < 1.29 is 4.39 Å². The highest BCUT2D eigenvalue weighted by molar-refractivity contribution is 7.98. The van der Waals surface area contributed by atoms with E-state index < -0.39 is 0 Å². The third-order valence-corrected chi connectivity index (χ3v) is 8.90. The van der Waals surface area contributed by atoms with E-state index in [0.29, 0.717) is 10.0 Å². The van der Waals surface area contributed by atoms with E-state index in [1.807, 2.05) is 18.2 Å². The molecule has 2 aliphatic heterocycles. The summed E-state index contributed by atoms with van der Waals surface area (Å²) >= 11 is 14.7. The van der Waals surface area contributed by atoms with Gasteiger partial charge in [0.1, 0.15) is 17.5 Å². The van der Waals surface area contributed by atoms with Gasteiger partial charge in [-0.3, -0.25) is 4.99 Å². The molecule has 1 saturated heterocycles. The summed E-state index contributed by atoms with van der Waals surface area (Å²) in [5.74, 6) is 1.40. The molecule has 2 unspecified atom stereocenters. The monoisotopic (exact) mass is 542 g/mol.